The number of piperazine rings is 1. The lowest BCUT2D eigenvalue weighted by atomic mass is 10.3. The van der Waals surface area contributed by atoms with Gasteiger partial charge in [0.1, 0.15) is 17.5 Å². The summed E-state index contributed by atoms with van der Waals surface area (Å²) in [6.07, 6.45) is 1.86. The van der Waals surface area contributed by atoms with Crippen LogP contribution in [0.25, 0.3) is 0 Å². The van der Waals surface area contributed by atoms with Crippen molar-refractivity contribution in [1.29, 1.82) is 0 Å². The third kappa shape index (κ3) is 3.56. The highest BCUT2D eigenvalue weighted by atomic mass is 16.2. The molecule has 1 saturated heterocycles. The van der Waals surface area contributed by atoms with Gasteiger partial charge in [-0.2, -0.15) is 0 Å². The molecular formula is C13H21N5O. The lowest BCUT2D eigenvalue weighted by molar-refractivity contribution is -0.120. The highest BCUT2D eigenvalue weighted by molar-refractivity contribution is 5.82. The van der Waals surface area contributed by atoms with Crippen LogP contribution in [-0.2, 0) is 11.2 Å². The van der Waals surface area contributed by atoms with Gasteiger partial charge in [-0.1, -0.05) is 6.92 Å². The lowest BCUT2D eigenvalue weighted by Crippen LogP contribution is -2.48. The fourth-order valence-electron chi connectivity index (χ4n) is 2.09. The molecule has 1 aromatic rings. The number of carbonyl (C=O) groups is 1. The number of hydrogen-bond acceptors (Lipinski definition) is 5. The maximum atomic E-state index is 11.5. The lowest BCUT2D eigenvalue weighted by Gasteiger charge is -2.28. The van der Waals surface area contributed by atoms with Crippen LogP contribution >= 0.6 is 0 Å². The van der Waals surface area contributed by atoms with E-state index in [9.17, 15) is 4.79 Å². The molecule has 0 radical (unpaired) electrons. The molecule has 1 aliphatic rings. The van der Waals surface area contributed by atoms with Crippen molar-refractivity contribution in [3.05, 3.63) is 11.9 Å². The Morgan fingerprint density at radius 3 is 2.95 bits per heavy atom. The van der Waals surface area contributed by atoms with E-state index in [0.29, 0.717) is 13.1 Å². The van der Waals surface area contributed by atoms with Gasteiger partial charge in [-0.15, -0.1) is 0 Å². The number of rotatable bonds is 5. The normalized spacial score (nSPS) is 15.3. The summed E-state index contributed by atoms with van der Waals surface area (Å²) in [4.78, 5) is 22.5. The Labute approximate surface area is 113 Å². The van der Waals surface area contributed by atoms with E-state index < -0.39 is 0 Å². The first kappa shape index (κ1) is 13.6. The maximum absolute atomic E-state index is 11.5. The Bertz CT molecular complexity index is 424. The Kier molecular flexibility index (Phi) is 4.54. The summed E-state index contributed by atoms with van der Waals surface area (Å²) in [7, 11) is 0. The van der Waals surface area contributed by atoms with Gasteiger partial charge in [0, 0.05) is 32.1 Å². The van der Waals surface area contributed by atoms with Gasteiger partial charge in [0.25, 0.3) is 0 Å². The average molecular weight is 263 g/mol. The second kappa shape index (κ2) is 6.36. The third-order valence-corrected chi connectivity index (χ3v) is 2.95. The van der Waals surface area contributed by atoms with Crippen molar-refractivity contribution < 1.29 is 4.79 Å². The Morgan fingerprint density at radius 2 is 2.26 bits per heavy atom. The van der Waals surface area contributed by atoms with Crippen LogP contribution in [0.4, 0.5) is 11.6 Å². The first-order valence-corrected chi connectivity index (χ1v) is 6.86. The van der Waals surface area contributed by atoms with Crippen LogP contribution in [0.2, 0.25) is 0 Å². The standard InChI is InChI=1S/C13H21N5O/c1-3-5-10-16-11(14-4-2)8-12(17-10)18-7-6-15-13(19)9-18/h8H,3-7,9H2,1-2H3,(H,15,19)(H,14,16,17). The van der Waals surface area contributed by atoms with Crippen molar-refractivity contribution in [2.45, 2.75) is 26.7 Å². The molecule has 1 aromatic heterocycles. The van der Waals surface area contributed by atoms with Crippen molar-refractivity contribution in [3.8, 4) is 0 Å². The number of aryl methyl sites for hydroxylation is 1. The van der Waals surface area contributed by atoms with Crippen LogP contribution in [-0.4, -0.2) is 42.1 Å². The maximum Gasteiger partial charge on any atom is 0.239 e. The summed E-state index contributed by atoms with van der Waals surface area (Å²) in [5.74, 6) is 2.56. The number of nitrogens with one attached hydrogen (secondary N) is 2. The van der Waals surface area contributed by atoms with Gasteiger partial charge in [0.05, 0.1) is 6.54 Å². The number of aromatic nitrogens is 2. The Morgan fingerprint density at radius 1 is 1.42 bits per heavy atom. The Hall–Kier alpha value is -1.85. The zero-order valence-electron chi connectivity index (χ0n) is 11.6. The zero-order valence-corrected chi connectivity index (χ0v) is 11.6. The van der Waals surface area contributed by atoms with Crippen molar-refractivity contribution >= 4 is 17.5 Å². The topological polar surface area (TPSA) is 70.2 Å². The molecule has 6 heteroatoms. The first-order valence-electron chi connectivity index (χ1n) is 6.86. The van der Waals surface area contributed by atoms with E-state index in [-0.39, 0.29) is 5.91 Å². The van der Waals surface area contributed by atoms with Crippen LogP contribution in [0.1, 0.15) is 26.1 Å². The second-order valence-electron chi connectivity index (χ2n) is 4.58. The van der Waals surface area contributed by atoms with Gasteiger partial charge >= 0.3 is 0 Å². The molecule has 1 aliphatic heterocycles. The molecule has 0 bridgehead atoms. The van der Waals surface area contributed by atoms with Crippen molar-refractivity contribution in [2.24, 2.45) is 0 Å². The van der Waals surface area contributed by atoms with E-state index in [1.807, 2.05) is 17.9 Å². The van der Waals surface area contributed by atoms with Crippen LogP contribution in [0.3, 0.4) is 0 Å². The molecule has 0 aromatic carbocycles. The molecule has 2 heterocycles. The van der Waals surface area contributed by atoms with E-state index in [1.54, 1.807) is 0 Å². The number of anilines is 2. The largest absolute Gasteiger partial charge is 0.370 e. The molecule has 1 amide bonds. The molecule has 1 fully saturated rings. The molecule has 0 saturated carbocycles. The number of amides is 1. The molecule has 0 unspecified atom stereocenters. The van der Waals surface area contributed by atoms with E-state index in [2.05, 4.69) is 27.5 Å². The molecule has 2 N–H and O–H groups in total. The third-order valence-electron chi connectivity index (χ3n) is 2.95. The molecule has 0 aliphatic carbocycles. The van der Waals surface area contributed by atoms with Gasteiger partial charge < -0.3 is 15.5 Å². The molecule has 19 heavy (non-hydrogen) atoms. The summed E-state index contributed by atoms with van der Waals surface area (Å²) in [5.41, 5.74) is 0. The number of carbonyl (C=O) groups excluding carboxylic acids is 1. The summed E-state index contributed by atoms with van der Waals surface area (Å²) in [6, 6.07) is 1.92. The predicted molar refractivity (Wildman–Crippen MR) is 75.4 cm³/mol. The average Bonchev–Trinajstić information content (AvgIpc) is 2.39. The quantitative estimate of drug-likeness (QED) is 0.822. The minimum absolute atomic E-state index is 0.0481. The molecule has 2 rings (SSSR count). The van der Waals surface area contributed by atoms with Crippen molar-refractivity contribution in [1.82, 2.24) is 15.3 Å². The van der Waals surface area contributed by atoms with Gasteiger partial charge in [-0.25, -0.2) is 9.97 Å². The molecule has 6 nitrogen and oxygen atoms in total. The number of nitrogens with zero attached hydrogens (tertiary/aromatic N) is 3. The highest BCUT2D eigenvalue weighted by Gasteiger charge is 2.18. The van der Waals surface area contributed by atoms with Crippen LogP contribution < -0.4 is 15.5 Å². The van der Waals surface area contributed by atoms with E-state index in [4.69, 9.17) is 0 Å². The van der Waals surface area contributed by atoms with E-state index in [1.165, 1.54) is 0 Å². The molecule has 0 spiro atoms. The van der Waals surface area contributed by atoms with Crippen LogP contribution in [0.15, 0.2) is 6.07 Å². The fraction of sp³-hybridized carbons (Fsp3) is 0.615. The predicted octanol–water partition coefficient (Wildman–Crippen LogP) is 0.797. The summed E-state index contributed by atoms with van der Waals surface area (Å²) in [5, 5.41) is 6.04. The minimum Gasteiger partial charge on any atom is -0.370 e. The zero-order chi connectivity index (χ0) is 13.7. The second-order valence-corrected chi connectivity index (χ2v) is 4.58. The highest BCUT2D eigenvalue weighted by Crippen LogP contribution is 2.17. The van der Waals surface area contributed by atoms with Gasteiger partial charge in [-0.3, -0.25) is 4.79 Å². The summed E-state index contributed by atoms with van der Waals surface area (Å²) in [6.45, 7) is 6.80. The molecular weight excluding hydrogens is 242 g/mol. The molecule has 104 valence electrons. The SMILES string of the molecule is CCCc1nc(NCC)cc(N2CCNC(=O)C2)n1. The monoisotopic (exact) mass is 263 g/mol. The van der Waals surface area contributed by atoms with Crippen molar-refractivity contribution in [3.63, 3.8) is 0 Å². The minimum atomic E-state index is 0.0481. The first-order chi connectivity index (χ1) is 9.22. The summed E-state index contributed by atoms with van der Waals surface area (Å²) >= 11 is 0. The van der Waals surface area contributed by atoms with Crippen LogP contribution in [0, 0.1) is 0 Å². The van der Waals surface area contributed by atoms with Gasteiger partial charge in [0.2, 0.25) is 5.91 Å². The summed E-state index contributed by atoms with van der Waals surface area (Å²) < 4.78 is 0. The van der Waals surface area contributed by atoms with Crippen LogP contribution in [0.5, 0.6) is 0 Å². The smallest absolute Gasteiger partial charge is 0.239 e. The fourth-order valence-corrected chi connectivity index (χ4v) is 2.09. The van der Waals surface area contributed by atoms with E-state index >= 15 is 0 Å². The van der Waals surface area contributed by atoms with Crippen molar-refractivity contribution in [2.75, 3.05) is 36.4 Å². The van der Waals surface area contributed by atoms with Gasteiger partial charge in [0.15, 0.2) is 0 Å². The van der Waals surface area contributed by atoms with Gasteiger partial charge in [-0.05, 0) is 13.3 Å². The Balaban J connectivity index is 2.24. The van der Waals surface area contributed by atoms with E-state index in [0.717, 1.165) is 43.4 Å². The number of hydrogen-bond donors (Lipinski definition) is 2. The molecule has 0 atom stereocenters.